The minimum absolute atomic E-state index is 0.0842. The zero-order chi connectivity index (χ0) is 11.7. The summed E-state index contributed by atoms with van der Waals surface area (Å²) in [6.07, 6.45) is 2.00. The first-order valence-electron chi connectivity index (χ1n) is 5.02. The second-order valence-electron chi connectivity index (χ2n) is 3.35. The number of hydrogen-bond acceptors (Lipinski definition) is 4. The van der Waals surface area contributed by atoms with Crippen LogP contribution < -0.4 is 16.8 Å². The van der Waals surface area contributed by atoms with Crippen LogP contribution in [0, 0.1) is 0 Å². The van der Waals surface area contributed by atoms with E-state index >= 15 is 0 Å². The number of amides is 1. The van der Waals surface area contributed by atoms with Gasteiger partial charge in [0.25, 0.3) is 0 Å². The molecule has 0 aliphatic rings. The van der Waals surface area contributed by atoms with Gasteiger partial charge in [-0.2, -0.15) is 0 Å². The van der Waals surface area contributed by atoms with Gasteiger partial charge in [-0.05, 0) is 32.4 Å². The first-order valence-corrected chi connectivity index (χ1v) is 5.02. The number of hydrogen-bond donors (Lipinski definition) is 4. The Bertz CT molecular complexity index is 209. The third-order valence-corrected chi connectivity index (χ3v) is 2.00. The lowest BCUT2D eigenvalue weighted by molar-refractivity contribution is -0.139. The van der Waals surface area contributed by atoms with E-state index < -0.39 is 17.9 Å². The van der Waals surface area contributed by atoms with E-state index in [4.69, 9.17) is 16.6 Å². The van der Waals surface area contributed by atoms with Crippen LogP contribution in [0.2, 0.25) is 0 Å². The van der Waals surface area contributed by atoms with Crippen LogP contribution in [0.1, 0.15) is 25.7 Å². The number of carboxylic acids is 1. The molecule has 0 saturated heterocycles. The first-order chi connectivity index (χ1) is 7.07. The van der Waals surface area contributed by atoms with Gasteiger partial charge >= 0.3 is 5.97 Å². The Morgan fingerprint density at radius 1 is 1.33 bits per heavy atom. The standard InChI is InChI=1S/C9H19N3O3/c10-5-1-2-6-12-7(9(14)15)3-4-8(11)13/h7,12H,1-6,10H2,(H2,11,13)(H,14,15)/t7-/m0/s1. The molecule has 0 aromatic rings. The average Bonchev–Trinajstić information content (AvgIpc) is 2.15. The predicted molar refractivity (Wildman–Crippen MR) is 56.1 cm³/mol. The van der Waals surface area contributed by atoms with Crippen molar-refractivity contribution in [2.75, 3.05) is 13.1 Å². The fourth-order valence-electron chi connectivity index (χ4n) is 1.15. The van der Waals surface area contributed by atoms with Crippen LogP contribution in [0.25, 0.3) is 0 Å². The number of nitrogens with one attached hydrogen (secondary N) is 1. The summed E-state index contributed by atoms with van der Waals surface area (Å²) in [6, 6.07) is -0.699. The third kappa shape index (κ3) is 7.90. The molecule has 88 valence electrons. The Balaban J connectivity index is 3.73. The number of aliphatic carboxylic acids is 1. The Morgan fingerprint density at radius 2 is 2.00 bits per heavy atom. The molecular formula is C9H19N3O3. The summed E-state index contributed by atoms with van der Waals surface area (Å²) in [5.74, 6) is -1.44. The molecule has 0 radical (unpaired) electrons. The molecule has 0 saturated carbocycles. The van der Waals surface area contributed by atoms with E-state index in [0.29, 0.717) is 13.1 Å². The normalized spacial score (nSPS) is 12.3. The maximum atomic E-state index is 10.7. The number of carboxylic acid groups (broad SMARTS) is 1. The van der Waals surface area contributed by atoms with Crippen molar-refractivity contribution in [3.8, 4) is 0 Å². The molecule has 15 heavy (non-hydrogen) atoms. The van der Waals surface area contributed by atoms with Crippen LogP contribution >= 0.6 is 0 Å². The molecule has 0 fully saturated rings. The van der Waals surface area contributed by atoms with Crippen molar-refractivity contribution < 1.29 is 14.7 Å². The van der Waals surface area contributed by atoms with Gasteiger partial charge in [0.15, 0.2) is 0 Å². The van der Waals surface area contributed by atoms with E-state index in [1.54, 1.807) is 0 Å². The Kier molecular flexibility index (Phi) is 7.57. The molecule has 6 N–H and O–H groups in total. The lowest BCUT2D eigenvalue weighted by atomic mass is 10.1. The molecule has 0 rings (SSSR count). The molecule has 0 aromatic carbocycles. The number of primary amides is 1. The fourth-order valence-corrected chi connectivity index (χ4v) is 1.15. The van der Waals surface area contributed by atoms with Gasteiger partial charge in [-0.1, -0.05) is 0 Å². The predicted octanol–water partition coefficient (Wildman–Crippen LogP) is -0.966. The summed E-state index contributed by atoms with van der Waals surface area (Å²) in [7, 11) is 0. The first kappa shape index (κ1) is 13.9. The van der Waals surface area contributed by atoms with Gasteiger partial charge in [0.1, 0.15) is 6.04 Å². The van der Waals surface area contributed by atoms with Crippen LogP contribution in [0.4, 0.5) is 0 Å². The van der Waals surface area contributed by atoms with Crippen molar-refractivity contribution in [3.63, 3.8) is 0 Å². The van der Waals surface area contributed by atoms with E-state index in [1.165, 1.54) is 0 Å². The van der Waals surface area contributed by atoms with Crippen molar-refractivity contribution in [2.24, 2.45) is 11.5 Å². The molecular weight excluding hydrogens is 198 g/mol. The summed E-state index contributed by atoms with van der Waals surface area (Å²) in [4.78, 5) is 21.2. The summed E-state index contributed by atoms with van der Waals surface area (Å²) in [5, 5.41) is 11.6. The molecule has 0 aliphatic carbocycles. The molecule has 0 bridgehead atoms. The summed E-state index contributed by atoms with van der Waals surface area (Å²) < 4.78 is 0. The second kappa shape index (κ2) is 8.19. The van der Waals surface area contributed by atoms with E-state index in [0.717, 1.165) is 12.8 Å². The maximum Gasteiger partial charge on any atom is 0.320 e. The largest absolute Gasteiger partial charge is 0.480 e. The van der Waals surface area contributed by atoms with Crippen molar-refractivity contribution in [1.82, 2.24) is 5.32 Å². The smallest absolute Gasteiger partial charge is 0.320 e. The highest BCUT2D eigenvalue weighted by molar-refractivity contribution is 5.77. The molecule has 0 heterocycles. The molecule has 1 amide bonds. The highest BCUT2D eigenvalue weighted by atomic mass is 16.4. The van der Waals surface area contributed by atoms with Crippen LogP contribution in [0.3, 0.4) is 0 Å². The fraction of sp³-hybridized carbons (Fsp3) is 0.778. The lowest BCUT2D eigenvalue weighted by Crippen LogP contribution is -2.38. The number of unbranched alkanes of at least 4 members (excludes halogenated alkanes) is 1. The van der Waals surface area contributed by atoms with Crippen molar-refractivity contribution in [1.29, 1.82) is 0 Å². The Morgan fingerprint density at radius 3 is 2.47 bits per heavy atom. The molecule has 0 spiro atoms. The monoisotopic (exact) mass is 217 g/mol. The van der Waals surface area contributed by atoms with Gasteiger partial charge in [-0.15, -0.1) is 0 Å². The second-order valence-corrected chi connectivity index (χ2v) is 3.35. The summed E-state index contributed by atoms with van der Waals surface area (Å²) in [5.41, 5.74) is 10.2. The minimum Gasteiger partial charge on any atom is -0.480 e. The highest BCUT2D eigenvalue weighted by Gasteiger charge is 2.16. The quantitative estimate of drug-likeness (QED) is 0.371. The van der Waals surface area contributed by atoms with E-state index in [-0.39, 0.29) is 12.8 Å². The van der Waals surface area contributed by atoms with E-state index in [1.807, 2.05) is 0 Å². The number of nitrogens with two attached hydrogens (primary N) is 2. The van der Waals surface area contributed by atoms with Crippen molar-refractivity contribution in [2.45, 2.75) is 31.7 Å². The Labute approximate surface area is 89.0 Å². The number of carbonyl (C=O) groups excluding carboxylic acids is 1. The van der Waals surface area contributed by atoms with Gasteiger partial charge in [-0.25, -0.2) is 0 Å². The molecule has 0 unspecified atom stereocenters. The van der Waals surface area contributed by atoms with Crippen LogP contribution in [-0.2, 0) is 9.59 Å². The highest BCUT2D eigenvalue weighted by Crippen LogP contribution is 1.97. The topological polar surface area (TPSA) is 118 Å². The molecule has 6 nitrogen and oxygen atoms in total. The molecule has 0 aliphatic heterocycles. The van der Waals surface area contributed by atoms with Gasteiger partial charge < -0.3 is 21.9 Å². The van der Waals surface area contributed by atoms with Gasteiger partial charge in [-0.3, -0.25) is 9.59 Å². The lowest BCUT2D eigenvalue weighted by Gasteiger charge is -2.13. The average molecular weight is 217 g/mol. The zero-order valence-corrected chi connectivity index (χ0v) is 8.74. The summed E-state index contributed by atoms with van der Waals surface area (Å²) in [6.45, 7) is 1.19. The van der Waals surface area contributed by atoms with E-state index in [9.17, 15) is 9.59 Å². The van der Waals surface area contributed by atoms with Crippen molar-refractivity contribution >= 4 is 11.9 Å². The van der Waals surface area contributed by atoms with Gasteiger partial charge in [0.2, 0.25) is 5.91 Å². The van der Waals surface area contributed by atoms with Crippen molar-refractivity contribution in [3.05, 3.63) is 0 Å². The van der Waals surface area contributed by atoms with E-state index in [2.05, 4.69) is 5.32 Å². The zero-order valence-electron chi connectivity index (χ0n) is 8.74. The molecule has 0 aromatic heterocycles. The van der Waals surface area contributed by atoms with Crippen LogP contribution in [-0.4, -0.2) is 36.1 Å². The molecule has 6 heteroatoms. The maximum absolute atomic E-state index is 10.7. The molecule has 1 atom stereocenters. The third-order valence-electron chi connectivity index (χ3n) is 2.00. The van der Waals surface area contributed by atoms with Gasteiger partial charge in [0.05, 0.1) is 0 Å². The SMILES string of the molecule is NCCCCN[C@@H](CCC(N)=O)C(=O)O. The number of rotatable bonds is 9. The van der Waals surface area contributed by atoms with Crippen LogP contribution in [0.15, 0.2) is 0 Å². The number of carbonyl (C=O) groups is 2. The summed E-state index contributed by atoms with van der Waals surface area (Å²) >= 11 is 0. The Hall–Kier alpha value is -1.14. The van der Waals surface area contributed by atoms with Gasteiger partial charge in [0, 0.05) is 6.42 Å². The van der Waals surface area contributed by atoms with Crippen LogP contribution in [0.5, 0.6) is 0 Å². The minimum atomic E-state index is -0.955.